The number of hydrogen-bond acceptors (Lipinski definition) is 2. The van der Waals surface area contributed by atoms with Crippen molar-refractivity contribution in [3.05, 3.63) is 57.3 Å². The third kappa shape index (κ3) is 3.24. The van der Waals surface area contributed by atoms with Gasteiger partial charge in [0.25, 0.3) is 0 Å². The Bertz CT molecular complexity index is 646. The summed E-state index contributed by atoms with van der Waals surface area (Å²) in [6.07, 6.45) is 0. The molecule has 0 amide bonds. The maximum atomic E-state index is 13.3. The average molecular weight is 346 g/mol. The van der Waals surface area contributed by atoms with Gasteiger partial charge < -0.3 is 9.84 Å². The van der Waals surface area contributed by atoms with Gasteiger partial charge in [0.05, 0.1) is 15.1 Å². The number of hydrogen-bond donors (Lipinski definition) is 1. The molecule has 0 aromatic heterocycles. The molecule has 0 unspecified atom stereocenters. The smallest absolute Gasteiger partial charge is 0.335 e. The third-order valence-electron chi connectivity index (χ3n) is 2.30. The Labute approximate surface area is 121 Å². The SMILES string of the molecule is O=C(O)c1ccc(Oc2ccc(Br)c(F)c2)c(Cl)c1. The number of rotatable bonds is 3. The van der Waals surface area contributed by atoms with Gasteiger partial charge in [-0.1, -0.05) is 11.6 Å². The number of ether oxygens (including phenoxy) is 1. The molecule has 1 N–H and O–H groups in total. The van der Waals surface area contributed by atoms with Crippen LogP contribution in [0.2, 0.25) is 5.02 Å². The van der Waals surface area contributed by atoms with Crippen molar-refractivity contribution in [3.63, 3.8) is 0 Å². The topological polar surface area (TPSA) is 46.5 Å². The van der Waals surface area contributed by atoms with Crippen LogP contribution in [-0.2, 0) is 0 Å². The van der Waals surface area contributed by atoms with Gasteiger partial charge in [0.15, 0.2) is 0 Å². The van der Waals surface area contributed by atoms with Crippen LogP contribution in [0, 0.1) is 5.82 Å². The molecule has 2 aromatic carbocycles. The van der Waals surface area contributed by atoms with E-state index in [9.17, 15) is 9.18 Å². The molecule has 0 saturated heterocycles. The molecule has 0 radical (unpaired) electrons. The second-order valence-corrected chi connectivity index (χ2v) is 4.89. The number of halogens is 3. The van der Waals surface area contributed by atoms with Crippen LogP contribution in [0.5, 0.6) is 11.5 Å². The van der Waals surface area contributed by atoms with Crippen LogP contribution in [0.25, 0.3) is 0 Å². The fourth-order valence-corrected chi connectivity index (χ4v) is 1.85. The molecular formula is C13H7BrClFO3. The summed E-state index contributed by atoms with van der Waals surface area (Å²) in [7, 11) is 0. The quantitative estimate of drug-likeness (QED) is 0.874. The summed E-state index contributed by atoms with van der Waals surface area (Å²) >= 11 is 8.94. The summed E-state index contributed by atoms with van der Waals surface area (Å²) in [5.74, 6) is -1.02. The Morgan fingerprint density at radius 1 is 1.26 bits per heavy atom. The summed E-state index contributed by atoms with van der Waals surface area (Å²) in [6.45, 7) is 0. The Morgan fingerprint density at radius 3 is 2.58 bits per heavy atom. The Hall–Kier alpha value is -1.59. The summed E-state index contributed by atoms with van der Waals surface area (Å²) < 4.78 is 19.0. The van der Waals surface area contributed by atoms with Gasteiger partial charge in [-0.2, -0.15) is 0 Å². The lowest BCUT2D eigenvalue weighted by atomic mass is 10.2. The Morgan fingerprint density at radius 2 is 2.00 bits per heavy atom. The molecular weight excluding hydrogens is 338 g/mol. The van der Waals surface area contributed by atoms with Gasteiger partial charge in [0.1, 0.15) is 17.3 Å². The van der Waals surface area contributed by atoms with E-state index in [0.29, 0.717) is 4.47 Å². The van der Waals surface area contributed by atoms with Crippen molar-refractivity contribution >= 4 is 33.5 Å². The summed E-state index contributed by atoms with van der Waals surface area (Å²) in [6, 6.07) is 8.32. The molecule has 0 heterocycles. The van der Waals surface area contributed by atoms with Crippen molar-refractivity contribution in [1.82, 2.24) is 0 Å². The minimum atomic E-state index is -1.08. The maximum Gasteiger partial charge on any atom is 0.335 e. The first-order chi connectivity index (χ1) is 8.97. The van der Waals surface area contributed by atoms with Crippen molar-refractivity contribution in [3.8, 4) is 11.5 Å². The van der Waals surface area contributed by atoms with Crippen LogP contribution >= 0.6 is 27.5 Å². The van der Waals surface area contributed by atoms with Crippen molar-refractivity contribution in [1.29, 1.82) is 0 Å². The predicted octanol–water partition coefficient (Wildman–Crippen LogP) is 4.73. The molecule has 98 valence electrons. The first kappa shape index (κ1) is 13.8. The number of carbonyl (C=O) groups is 1. The molecule has 3 nitrogen and oxygen atoms in total. The highest BCUT2D eigenvalue weighted by Crippen LogP contribution is 2.31. The summed E-state index contributed by atoms with van der Waals surface area (Å²) in [5, 5.41) is 8.94. The zero-order valence-electron chi connectivity index (χ0n) is 9.36. The highest BCUT2D eigenvalue weighted by Gasteiger charge is 2.09. The standard InChI is InChI=1S/C13H7BrClFO3/c14-9-3-2-8(6-11(9)16)19-12-4-1-7(13(17)18)5-10(12)15/h1-6H,(H,17,18). The Balaban J connectivity index is 2.28. The van der Waals surface area contributed by atoms with E-state index >= 15 is 0 Å². The molecule has 6 heteroatoms. The third-order valence-corrected chi connectivity index (χ3v) is 3.24. The minimum Gasteiger partial charge on any atom is -0.478 e. The lowest BCUT2D eigenvalue weighted by Crippen LogP contribution is -1.96. The van der Waals surface area contributed by atoms with Gasteiger partial charge in [-0.3, -0.25) is 0 Å². The number of carboxylic acids is 1. The van der Waals surface area contributed by atoms with Crippen molar-refractivity contribution in [2.75, 3.05) is 0 Å². The van der Waals surface area contributed by atoms with E-state index in [1.165, 1.54) is 30.3 Å². The number of benzene rings is 2. The highest BCUT2D eigenvalue weighted by atomic mass is 79.9. The molecule has 0 bridgehead atoms. The normalized spacial score (nSPS) is 10.3. The molecule has 2 aromatic rings. The van der Waals surface area contributed by atoms with Crippen LogP contribution in [0.3, 0.4) is 0 Å². The molecule has 0 aliphatic carbocycles. The van der Waals surface area contributed by atoms with Gasteiger partial charge in [0, 0.05) is 6.07 Å². The molecule has 0 saturated carbocycles. The average Bonchev–Trinajstić information content (AvgIpc) is 2.36. The van der Waals surface area contributed by atoms with Crippen LogP contribution in [0.1, 0.15) is 10.4 Å². The van der Waals surface area contributed by atoms with E-state index in [1.54, 1.807) is 6.07 Å². The summed E-state index contributed by atoms with van der Waals surface area (Å²) in [5.41, 5.74) is 0.0549. The van der Waals surface area contributed by atoms with Gasteiger partial charge in [0.2, 0.25) is 0 Å². The first-order valence-electron chi connectivity index (χ1n) is 5.13. The van der Waals surface area contributed by atoms with E-state index < -0.39 is 11.8 Å². The van der Waals surface area contributed by atoms with E-state index in [4.69, 9.17) is 21.4 Å². The highest BCUT2D eigenvalue weighted by molar-refractivity contribution is 9.10. The van der Waals surface area contributed by atoms with Crippen molar-refractivity contribution in [2.45, 2.75) is 0 Å². The minimum absolute atomic E-state index is 0.0549. The molecule has 0 aliphatic rings. The molecule has 0 aliphatic heterocycles. The second-order valence-electron chi connectivity index (χ2n) is 3.63. The van der Waals surface area contributed by atoms with Crippen LogP contribution in [0.4, 0.5) is 4.39 Å². The molecule has 0 atom stereocenters. The monoisotopic (exact) mass is 344 g/mol. The van der Waals surface area contributed by atoms with E-state index in [-0.39, 0.29) is 22.1 Å². The van der Waals surface area contributed by atoms with Gasteiger partial charge in [-0.05, 0) is 46.3 Å². The largest absolute Gasteiger partial charge is 0.478 e. The molecule has 0 spiro atoms. The van der Waals surface area contributed by atoms with Crippen LogP contribution < -0.4 is 4.74 Å². The van der Waals surface area contributed by atoms with Gasteiger partial charge in [-0.25, -0.2) is 9.18 Å². The van der Waals surface area contributed by atoms with E-state index in [2.05, 4.69) is 15.9 Å². The lowest BCUT2D eigenvalue weighted by molar-refractivity contribution is 0.0697. The van der Waals surface area contributed by atoms with Crippen LogP contribution in [0.15, 0.2) is 40.9 Å². The van der Waals surface area contributed by atoms with Crippen molar-refractivity contribution < 1.29 is 19.0 Å². The maximum absolute atomic E-state index is 13.3. The summed E-state index contributed by atoms with van der Waals surface area (Å²) in [4.78, 5) is 10.8. The lowest BCUT2D eigenvalue weighted by Gasteiger charge is -2.08. The molecule has 19 heavy (non-hydrogen) atoms. The number of aromatic carboxylic acids is 1. The Kier molecular flexibility index (Phi) is 4.07. The number of carboxylic acid groups (broad SMARTS) is 1. The predicted molar refractivity (Wildman–Crippen MR) is 72.6 cm³/mol. The van der Waals surface area contributed by atoms with E-state index in [1.807, 2.05) is 0 Å². The van der Waals surface area contributed by atoms with Crippen LogP contribution in [-0.4, -0.2) is 11.1 Å². The first-order valence-corrected chi connectivity index (χ1v) is 6.30. The fourth-order valence-electron chi connectivity index (χ4n) is 1.38. The fraction of sp³-hybridized carbons (Fsp3) is 0. The zero-order chi connectivity index (χ0) is 14.0. The zero-order valence-corrected chi connectivity index (χ0v) is 11.7. The van der Waals surface area contributed by atoms with E-state index in [0.717, 1.165) is 0 Å². The van der Waals surface area contributed by atoms with Gasteiger partial charge in [-0.15, -0.1) is 0 Å². The second kappa shape index (κ2) is 5.59. The molecule has 0 fully saturated rings. The van der Waals surface area contributed by atoms with Crippen molar-refractivity contribution in [2.24, 2.45) is 0 Å². The van der Waals surface area contributed by atoms with Gasteiger partial charge >= 0.3 is 5.97 Å². The molecule has 2 rings (SSSR count).